The predicted octanol–water partition coefficient (Wildman–Crippen LogP) is 1.64. The molecule has 0 aromatic heterocycles. The predicted molar refractivity (Wildman–Crippen MR) is 88.4 cm³/mol. The summed E-state index contributed by atoms with van der Waals surface area (Å²) in [6, 6.07) is 0. The van der Waals surface area contributed by atoms with E-state index in [1.807, 2.05) is 4.90 Å². The Hall–Kier alpha value is -0.650. The van der Waals surface area contributed by atoms with Crippen LogP contribution in [0.2, 0.25) is 0 Å². The molecule has 1 amide bonds. The molecule has 5 nitrogen and oxygen atoms in total. The Morgan fingerprint density at radius 3 is 2.41 bits per heavy atom. The van der Waals surface area contributed by atoms with Gasteiger partial charge >= 0.3 is 0 Å². The van der Waals surface area contributed by atoms with Crippen LogP contribution in [-0.4, -0.2) is 49.7 Å². The highest BCUT2D eigenvalue weighted by atomic mass is 16.5. The number of carbonyl (C=O) groups excluding carboxylic acids is 1. The van der Waals surface area contributed by atoms with Gasteiger partial charge in [-0.3, -0.25) is 4.79 Å². The minimum Gasteiger partial charge on any atom is -0.378 e. The van der Waals surface area contributed by atoms with Gasteiger partial charge in [-0.2, -0.15) is 0 Å². The van der Waals surface area contributed by atoms with Gasteiger partial charge in [-0.25, -0.2) is 0 Å². The first kappa shape index (κ1) is 17.7. The summed E-state index contributed by atoms with van der Waals surface area (Å²) in [7, 11) is 0. The van der Waals surface area contributed by atoms with Crippen molar-refractivity contribution in [3.8, 4) is 0 Å². The lowest BCUT2D eigenvalue weighted by molar-refractivity contribution is -0.136. The molecular weight excluding hydrogens is 278 g/mol. The number of nitrogens with zero attached hydrogens (tertiary/aromatic N) is 1. The van der Waals surface area contributed by atoms with E-state index in [1.54, 1.807) is 0 Å². The van der Waals surface area contributed by atoms with Crippen LogP contribution in [0.3, 0.4) is 0 Å². The van der Waals surface area contributed by atoms with Crippen molar-refractivity contribution in [2.75, 3.05) is 32.8 Å². The van der Waals surface area contributed by atoms with E-state index in [2.05, 4.69) is 0 Å². The molecule has 2 rings (SSSR count). The number of nitrogens with two attached hydrogens (primary N) is 2. The molecular formula is C17H33N3O2. The van der Waals surface area contributed by atoms with Gasteiger partial charge in [-0.05, 0) is 50.6 Å². The standard InChI is InChI=1S/C17H33N3O2/c18-9-4-12-22-15-5-10-20(11-6-15)16(21)13-17(14-19)7-2-1-3-8-17/h15H,1-14,18-19H2. The van der Waals surface area contributed by atoms with Crippen molar-refractivity contribution in [1.82, 2.24) is 4.90 Å². The molecule has 128 valence electrons. The molecule has 2 aliphatic rings. The van der Waals surface area contributed by atoms with Crippen molar-refractivity contribution in [1.29, 1.82) is 0 Å². The Balaban J connectivity index is 1.74. The topological polar surface area (TPSA) is 81.6 Å². The summed E-state index contributed by atoms with van der Waals surface area (Å²) in [5.74, 6) is 0.299. The molecule has 0 radical (unpaired) electrons. The zero-order valence-corrected chi connectivity index (χ0v) is 13.9. The van der Waals surface area contributed by atoms with E-state index < -0.39 is 0 Å². The number of hydrogen-bond donors (Lipinski definition) is 2. The molecule has 2 fully saturated rings. The van der Waals surface area contributed by atoms with Crippen molar-refractivity contribution in [2.45, 2.75) is 63.9 Å². The number of ether oxygens (including phenoxy) is 1. The third kappa shape index (κ3) is 4.93. The molecule has 0 atom stereocenters. The summed E-state index contributed by atoms with van der Waals surface area (Å²) < 4.78 is 5.80. The number of carbonyl (C=O) groups is 1. The van der Waals surface area contributed by atoms with Gasteiger partial charge < -0.3 is 21.1 Å². The third-order valence-electron chi connectivity index (χ3n) is 5.37. The molecule has 1 saturated carbocycles. The Morgan fingerprint density at radius 1 is 1.14 bits per heavy atom. The Bertz CT molecular complexity index is 335. The lowest BCUT2D eigenvalue weighted by Gasteiger charge is -2.39. The van der Waals surface area contributed by atoms with E-state index >= 15 is 0 Å². The second-order valence-electron chi connectivity index (χ2n) is 7.03. The SMILES string of the molecule is NCCCOC1CCN(C(=O)CC2(CN)CCCCC2)CC1. The first-order valence-corrected chi connectivity index (χ1v) is 8.99. The van der Waals surface area contributed by atoms with E-state index in [-0.39, 0.29) is 5.41 Å². The van der Waals surface area contributed by atoms with Gasteiger partial charge in [0.05, 0.1) is 6.10 Å². The molecule has 0 bridgehead atoms. The molecule has 4 N–H and O–H groups in total. The first-order valence-electron chi connectivity index (χ1n) is 8.99. The van der Waals surface area contributed by atoms with E-state index in [1.165, 1.54) is 19.3 Å². The molecule has 0 aromatic carbocycles. The second kappa shape index (κ2) is 8.85. The number of likely N-dealkylation sites (tertiary alicyclic amines) is 1. The van der Waals surface area contributed by atoms with Gasteiger partial charge in [0.25, 0.3) is 0 Å². The summed E-state index contributed by atoms with van der Waals surface area (Å²) in [5, 5.41) is 0. The lowest BCUT2D eigenvalue weighted by Crippen LogP contribution is -2.44. The Kier molecular flexibility index (Phi) is 7.12. The van der Waals surface area contributed by atoms with Crippen molar-refractivity contribution >= 4 is 5.91 Å². The maximum atomic E-state index is 12.6. The van der Waals surface area contributed by atoms with E-state index in [0.29, 0.717) is 31.5 Å². The van der Waals surface area contributed by atoms with Crippen molar-refractivity contribution < 1.29 is 9.53 Å². The smallest absolute Gasteiger partial charge is 0.223 e. The fourth-order valence-electron chi connectivity index (χ4n) is 3.79. The van der Waals surface area contributed by atoms with Crippen molar-refractivity contribution in [3.63, 3.8) is 0 Å². The summed E-state index contributed by atoms with van der Waals surface area (Å²) >= 11 is 0. The van der Waals surface area contributed by atoms with Crippen molar-refractivity contribution in [3.05, 3.63) is 0 Å². The van der Waals surface area contributed by atoms with Crippen LogP contribution in [0.15, 0.2) is 0 Å². The van der Waals surface area contributed by atoms with Gasteiger partial charge in [-0.15, -0.1) is 0 Å². The van der Waals surface area contributed by atoms with Crippen LogP contribution in [0.5, 0.6) is 0 Å². The van der Waals surface area contributed by atoms with Crippen LogP contribution < -0.4 is 11.5 Å². The quantitative estimate of drug-likeness (QED) is 0.700. The Morgan fingerprint density at radius 2 is 1.82 bits per heavy atom. The molecule has 1 heterocycles. The Labute approximate surface area is 134 Å². The highest BCUT2D eigenvalue weighted by Crippen LogP contribution is 2.39. The first-order chi connectivity index (χ1) is 10.7. The summed E-state index contributed by atoms with van der Waals surface area (Å²) in [6.45, 7) is 3.72. The van der Waals surface area contributed by atoms with Crippen LogP contribution in [0.4, 0.5) is 0 Å². The maximum absolute atomic E-state index is 12.6. The summed E-state index contributed by atoms with van der Waals surface area (Å²) in [4.78, 5) is 14.6. The van der Waals surface area contributed by atoms with Crippen LogP contribution in [0, 0.1) is 5.41 Å². The summed E-state index contributed by atoms with van der Waals surface area (Å²) in [6.07, 6.45) is 9.73. The monoisotopic (exact) mass is 311 g/mol. The number of hydrogen-bond acceptors (Lipinski definition) is 4. The molecule has 0 spiro atoms. The highest BCUT2D eigenvalue weighted by Gasteiger charge is 2.35. The molecule has 1 aliphatic heterocycles. The zero-order valence-electron chi connectivity index (χ0n) is 13.9. The van der Waals surface area contributed by atoms with Crippen molar-refractivity contribution in [2.24, 2.45) is 16.9 Å². The molecule has 0 aromatic rings. The molecule has 5 heteroatoms. The molecule has 0 unspecified atom stereocenters. The van der Waals surface area contributed by atoms with Gasteiger partial charge in [0, 0.05) is 26.1 Å². The summed E-state index contributed by atoms with van der Waals surface area (Å²) in [5.41, 5.74) is 11.6. The average Bonchev–Trinajstić information content (AvgIpc) is 2.56. The number of rotatable bonds is 7. The fourth-order valence-corrected chi connectivity index (χ4v) is 3.79. The zero-order chi connectivity index (χ0) is 15.8. The van der Waals surface area contributed by atoms with Gasteiger partial charge in [0.15, 0.2) is 0 Å². The van der Waals surface area contributed by atoms with Gasteiger partial charge in [-0.1, -0.05) is 19.3 Å². The minimum absolute atomic E-state index is 0.0732. The normalized spacial score (nSPS) is 22.7. The second-order valence-corrected chi connectivity index (χ2v) is 7.03. The van der Waals surface area contributed by atoms with Crippen LogP contribution in [0.1, 0.15) is 57.8 Å². The number of piperidine rings is 1. The maximum Gasteiger partial charge on any atom is 0.223 e. The fraction of sp³-hybridized carbons (Fsp3) is 0.941. The highest BCUT2D eigenvalue weighted by molar-refractivity contribution is 5.77. The minimum atomic E-state index is 0.0732. The van der Waals surface area contributed by atoms with Gasteiger partial charge in [0.1, 0.15) is 0 Å². The van der Waals surface area contributed by atoms with E-state index in [0.717, 1.165) is 51.8 Å². The van der Waals surface area contributed by atoms with E-state index in [4.69, 9.17) is 16.2 Å². The van der Waals surface area contributed by atoms with Crippen LogP contribution in [0.25, 0.3) is 0 Å². The van der Waals surface area contributed by atoms with E-state index in [9.17, 15) is 4.79 Å². The molecule has 22 heavy (non-hydrogen) atoms. The lowest BCUT2D eigenvalue weighted by atomic mass is 9.71. The largest absolute Gasteiger partial charge is 0.378 e. The molecule has 1 saturated heterocycles. The molecule has 1 aliphatic carbocycles. The van der Waals surface area contributed by atoms with Crippen LogP contribution >= 0.6 is 0 Å². The van der Waals surface area contributed by atoms with Gasteiger partial charge in [0.2, 0.25) is 5.91 Å². The average molecular weight is 311 g/mol. The number of amides is 1. The third-order valence-corrected chi connectivity index (χ3v) is 5.37. The van der Waals surface area contributed by atoms with Crippen LogP contribution in [-0.2, 0) is 9.53 Å².